The van der Waals surface area contributed by atoms with Crippen LogP contribution in [0.4, 0.5) is 10.5 Å². The summed E-state index contributed by atoms with van der Waals surface area (Å²) in [7, 11) is -4.23. The van der Waals surface area contributed by atoms with Crippen LogP contribution in [-0.4, -0.2) is 42.1 Å². The van der Waals surface area contributed by atoms with E-state index in [1.807, 2.05) is 91.0 Å². The lowest BCUT2D eigenvalue weighted by molar-refractivity contribution is 0.130. The van der Waals surface area contributed by atoms with Crippen LogP contribution in [-0.2, 0) is 47.7 Å². The summed E-state index contributed by atoms with van der Waals surface area (Å²) in [4.78, 5) is 15.4. The lowest BCUT2D eigenvalue weighted by atomic mass is 9.77. The number of ether oxygens (including phenoxy) is 1. The third kappa shape index (κ3) is 4.73. The molecule has 5 aromatic rings. The van der Waals surface area contributed by atoms with E-state index in [0.29, 0.717) is 16.7 Å². The summed E-state index contributed by atoms with van der Waals surface area (Å²) in [5.41, 5.74) is 6.03. The van der Waals surface area contributed by atoms with Crippen LogP contribution in [0.5, 0.6) is 5.88 Å². The molecule has 244 valence electrons. The SMILES string of the molecule is N=S(=O)(c1cnn2c1OC(CO)C2)N(C(=O)Nc1c2c(cc3c1CCC3)CCC2)C(c1ccccc1)(c1ccccc1)c1ccccc1. The summed E-state index contributed by atoms with van der Waals surface area (Å²) < 4.78 is 34.4. The molecular weight excluding hydrogens is 623 g/mol. The highest BCUT2D eigenvalue weighted by Gasteiger charge is 2.51. The average Bonchev–Trinajstić information content (AvgIpc) is 3.93. The zero-order chi connectivity index (χ0) is 32.9. The number of carbonyl (C=O) groups is 1. The van der Waals surface area contributed by atoms with E-state index in [9.17, 15) is 9.89 Å². The van der Waals surface area contributed by atoms with Crippen LogP contribution in [0.15, 0.2) is 108 Å². The van der Waals surface area contributed by atoms with E-state index in [-0.39, 0.29) is 23.9 Å². The first-order chi connectivity index (χ1) is 23.4. The standard InChI is InChI=1S/C38H37N5O4S/c39-48(46,34-23-40-42-24-31(25-44)47-36(34)42)43(37(45)41-35-32-20-10-12-26(32)22-27-13-11-21-33(27)35)38(28-14-4-1-5-15-28,29-16-6-2-7-17-29)30-18-8-3-9-19-30/h1-9,14-19,22-23,31,39,44H,10-13,20-21,24-25H2,(H,41,45). The highest BCUT2D eigenvalue weighted by molar-refractivity contribution is 7.90. The van der Waals surface area contributed by atoms with Crippen LogP contribution in [0.2, 0.25) is 0 Å². The van der Waals surface area contributed by atoms with Gasteiger partial charge in [0.1, 0.15) is 16.5 Å². The quantitative estimate of drug-likeness (QED) is 0.165. The Kier molecular flexibility index (Phi) is 7.57. The first kappa shape index (κ1) is 30.4. The zero-order valence-corrected chi connectivity index (χ0v) is 27.3. The van der Waals surface area contributed by atoms with Crippen LogP contribution >= 0.6 is 0 Å². The second-order valence-electron chi connectivity index (χ2n) is 12.7. The number of nitrogens with one attached hydrogen (secondary N) is 2. The first-order valence-electron chi connectivity index (χ1n) is 16.5. The maximum absolute atomic E-state index is 15.7. The molecule has 9 nitrogen and oxygen atoms in total. The molecule has 48 heavy (non-hydrogen) atoms. The van der Waals surface area contributed by atoms with Crippen molar-refractivity contribution in [2.45, 2.75) is 61.6 Å². The topological polar surface area (TPSA) is 121 Å². The minimum atomic E-state index is -4.23. The summed E-state index contributed by atoms with van der Waals surface area (Å²) >= 11 is 0. The van der Waals surface area contributed by atoms with E-state index in [0.717, 1.165) is 55.3 Å². The minimum Gasteiger partial charge on any atom is -0.469 e. The van der Waals surface area contributed by atoms with Crippen molar-refractivity contribution in [2.75, 3.05) is 11.9 Å². The van der Waals surface area contributed by atoms with Gasteiger partial charge in [-0.15, -0.1) is 0 Å². The van der Waals surface area contributed by atoms with Gasteiger partial charge < -0.3 is 15.2 Å². The van der Waals surface area contributed by atoms with Crippen LogP contribution in [0.25, 0.3) is 0 Å². The Morgan fingerprint density at radius 3 is 1.92 bits per heavy atom. The fraction of sp³-hybridized carbons (Fsp3) is 0.263. The second kappa shape index (κ2) is 11.9. The minimum absolute atomic E-state index is 0.0238. The van der Waals surface area contributed by atoms with Gasteiger partial charge in [0.05, 0.1) is 19.3 Å². The third-order valence-electron chi connectivity index (χ3n) is 9.94. The number of nitrogens with zero attached hydrogens (tertiary/aromatic N) is 3. The Morgan fingerprint density at radius 1 is 0.896 bits per heavy atom. The number of fused-ring (bicyclic) bond motifs is 3. The number of carbonyl (C=O) groups excluding carboxylic acids is 1. The molecule has 2 aliphatic carbocycles. The fourth-order valence-corrected chi connectivity index (χ4v) is 9.61. The molecule has 2 heterocycles. The van der Waals surface area contributed by atoms with Crippen LogP contribution < -0.4 is 10.1 Å². The Bertz CT molecular complexity index is 1970. The predicted octanol–water partition coefficient (Wildman–Crippen LogP) is 6.46. The van der Waals surface area contributed by atoms with E-state index in [2.05, 4.69) is 16.5 Å². The normalized spacial score (nSPS) is 17.6. The van der Waals surface area contributed by atoms with E-state index in [4.69, 9.17) is 4.74 Å². The van der Waals surface area contributed by atoms with Gasteiger partial charge in [-0.05, 0) is 77.5 Å². The summed E-state index contributed by atoms with van der Waals surface area (Å²) in [5, 5.41) is 17.6. The summed E-state index contributed by atoms with van der Waals surface area (Å²) in [6, 6.07) is 30.2. The number of anilines is 1. The molecule has 0 saturated carbocycles. The lowest BCUT2D eigenvalue weighted by Crippen LogP contribution is -2.55. The number of hydrogen-bond acceptors (Lipinski definition) is 6. The molecule has 8 rings (SSSR count). The summed E-state index contributed by atoms with van der Waals surface area (Å²) in [6.45, 7) is -0.0184. The van der Waals surface area contributed by atoms with Crippen molar-refractivity contribution in [1.29, 1.82) is 4.78 Å². The number of benzene rings is 4. The molecule has 0 fully saturated rings. The Morgan fingerprint density at radius 2 is 1.42 bits per heavy atom. The molecule has 3 aliphatic rings. The monoisotopic (exact) mass is 659 g/mol. The lowest BCUT2D eigenvalue weighted by Gasteiger charge is -2.45. The highest BCUT2D eigenvalue weighted by atomic mass is 32.2. The molecule has 0 saturated heterocycles. The van der Waals surface area contributed by atoms with Crippen molar-refractivity contribution in [3.63, 3.8) is 0 Å². The molecule has 1 aromatic heterocycles. The fourth-order valence-electron chi connectivity index (χ4n) is 7.85. The molecular formula is C38H37N5O4S. The van der Waals surface area contributed by atoms with Crippen LogP contribution in [0, 0.1) is 4.78 Å². The van der Waals surface area contributed by atoms with Gasteiger partial charge in [0.15, 0.2) is 9.92 Å². The van der Waals surface area contributed by atoms with Gasteiger partial charge in [0, 0.05) is 5.69 Å². The van der Waals surface area contributed by atoms with Crippen molar-refractivity contribution >= 4 is 21.6 Å². The van der Waals surface area contributed by atoms with Crippen molar-refractivity contribution in [1.82, 2.24) is 14.1 Å². The number of aliphatic hydroxyl groups is 1. The smallest absolute Gasteiger partial charge is 0.336 e. The van der Waals surface area contributed by atoms with Crippen molar-refractivity contribution < 1.29 is 18.8 Å². The van der Waals surface area contributed by atoms with Gasteiger partial charge in [-0.25, -0.2) is 22.8 Å². The molecule has 10 heteroatoms. The zero-order valence-electron chi connectivity index (χ0n) is 26.5. The maximum atomic E-state index is 15.7. The number of aromatic nitrogens is 2. The first-order valence-corrected chi connectivity index (χ1v) is 18.0. The van der Waals surface area contributed by atoms with Gasteiger partial charge in [-0.2, -0.15) is 5.10 Å². The Balaban J connectivity index is 1.41. The molecule has 2 unspecified atom stereocenters. The average molecular weight is 660 g/mol. The molecule has 0 spiro atoms. The molecule has 0 bridgehead atoms. The highest BCUT2D eigenvalue weighted by Crippen LogP contribution is 2.48. The molecule has 0 radical (unpaired) electrons. The number of aryl methyl sites for hydroxylation is 2. The van der Waals surface area contributed by atoms with E-state index >= 15 is 9.00 Å². The predicted molar refractivity (Wildman–Crippen MR) is 183 cm³/mol. The van der Waals surface area contributed by atoms with Gasteiger partial charge in [-0.3, -0.25) is 0 Å². The van der Waals surface area contributed by atoms with E-state index in [1.165, 1.54) is 26.3 Å². The van der Waals surface area contributed by atoms with E-state index < -0.39 is 27.6 Å². The van der Waals surface area contributed by atoms with Crippen LogP contribution in [0.1, 0.15) is 51.8 Å². The van der Waals surface area contributed by atoms with Crippen LogP contribution in [0.3, 0.4) is 0 Å². The molecule has 4 aromatic carbocycles. The summed E-state index contributed by atoms with van der Waals surface area (Å²) in [6.07, 6.45) is 6.40. The van der Waals surface area contributed by atoms with Crippen molar-refractivity contribution in [2.24, 2.45) is 0 Å². The largest absolute Gasteiger partial charge is 0.469 e. The number of urea groups is 1. The summed E-state index contributed by atoms with van der Waals surface area (Å²) in [5.74, 6) is 0.122. The number of hydrogen-bond donors (Lipinski definition) is 3. The number of aliphatic hydroxyl groups excluding tert-OH is 1. The number of rotatable bonds is 8. The van der Waals surface area contributed by atoms with Gasteiger partial charge >= 0.3 is 6.03 Å². The molecule has 2 amide bonds. The maximum Gasteiger partial charge on any atom is 0.336 e. The molecule has 2 atom stereocenters. The Labute approximate surface area is 280 Å². The molecule has 3 N–H and O–H groups in total. The third-order valence-corrected chi connectivity index (χ3v) is 11.8. The number of amides is 2. The van der Waals surface area contributed by atoms with E-state index in [1.54, 1.807) is 0 Å². The Hall–Kier alpha value is -4.93. The second-order valence-corrected chi connectivity index (χ2v) is 14.6. The molecule has 1 aliphatic heterocycles. The van der Waals surface area contributed by atoms with Crippen molar-refractivity contribution in [3.05, 3.63) is 142 Å². The van der Waals surface area contributed by atoms with Gasteiger partial charge in [-0.1, -0.05) is 97.1 Å². The van der Waals surface area contributed by atoms with Gasteiger partial charge in [0.2, 0.25) is 5.88 Å². The van der Waals surface area contributed by atoms with Gasteiger partial charge in [0.25, 0.3) is 0 Å². The van der Waals surface area contributed by atoms with Crippen molar-refractivity contribution in [3.8, 4) is 5.88 Å².